The number of carbonyl (C=O) groups excluding carboxylic acids is 1. The second-order valence-corrected chi connectivity index (χ2v) is 4.28. The van der Waals surface area contributed by atoms with Crippen LogP contribution in [0.15, 0.2) is 22.8 Å². The molecule has 0 saturated carbocycles. The molecule has 0 fully saturated rings. The third-order valence-electron chi connectivity index (χ3n) is 3.46. The second kappa shape index (κ2) is 6.45. The normalized spacial score (nSPS) is 11.5. The zero-order valence-electron chi connectivity index (χ0n) is 10.7. The third kappa shape index (κ3) is 3.33. The van der Waals surface area contributed by atoms with Crippen molar-refractivity contribution in [2.75, 3.05) is 13.1 Å². The van der Waals surface area contributed by atoms with Crippen LogP contribution in [0.25, 0.3) is 0 Å². The van der Waals surface area contributed by atoms with Gasteiger partial charge in [-0.1, -0.05) is 13.8 Å². The van der Waals surface area contributed by atoms with Gasteiger partial charge in [0.25, 0.3) is 0 Å². The molecule has 1 amide bonds. The summed E-state index contributed by atoms with van der Waals surface area (Å²) in [4.78, 5) is 12.1. The summed E-state index contributed by atoms with van der Waals surface area (Å²) in [6.07, 6.45) is 3.89. The molecule has 17 heavy (non-hydrogen) atoms. The molecule has 1 aromatic rings. The fraction of sp³-hybridized carbons (Fsp3) is 0.615. The second-order valence-electron chi connectivity index (χ2n) is 4.28. The Hall–Kier alpha value is -1.29. The summed E-state index contributed by atoms with van der Waals surface area (Å²) < 4.78 is 5.20. The first-order valence-corrected chi connectivity index (χ1v) is 6.19. The summed E-state index contributed by atoms with van der Waals surface area (Å²) in [5.41, 5.74) is 5.30. The van der Waals surface area contributed by atoms with Gasteiger partial charge < -0.3 is 15.5 Å². The van der Waals surface area contributed by atoms with E-state index in [1.54, 1.807) is 6.26 Å². The monoisotopic (exact) mass is 238 g/mol. The quantitative estimate of drug-likeness (QED) is 0.759. The number of amides is 1. The maximum atomic E-state index is 12.1. The summed E-state index contributed by atoms with van der Waals surface area (Å²) in [7, 11) is 0. The van der Waals surface area contributed by atoms with Crippen LogP contribution in [-0.4, -0.2) is 19.0 Å². The van der Waals surface area contributed by atoms with E-state index in [1.807, 2.05) is 26.0 Å². The average molecular weight is 238 g/mol. The molecule has 0 aliphatic carbocycles. The molecule has 0 bridgehead atoms. The molecule has 0 aromatic carbocycles. The van der Waals surface area contributed by atoms with Crippen molar-refractivity contribution in [3.05, 3.63) is 24.2 Å². The van der Waals surface area contributed by atoms with Crippen molar-refractivity contribution in [1.82, 2.24) is 5.32 Å². The summed E-state index contributed by atoms with van der Waals surface area (Å²) in [5, 5.41) is 2.94. The van der Waals surface area contributed by atoms with E-state index in [4.69, 9.17) is 10.2 Å². The maximum absolute atomic E-state index is 12.1. The summed E-state index contributed by atoms with van der Waals surface area (Å²) in [6, 6.07) is 3.75. The van der Waals surface area contributed by atoms with Crippen LogP contribution in [0.2, 0.25) is 0 Å². The molecule has 1 heterocycles. The van der Waals surface area contributed by atoms with Gasteiger partial charge in [-0.05, 0) is 25.0 Å². The summed E-state index contributed by atoms with van der Waals surface area (Å²) >= 11 is 0. The molecule has 4 heteroatoms. The Kier molecular flexibility index (Phi) is 5.22. The Morgan fingerprint density at radius 1 is 1.47 bits per heavy atom. The number of hydrogen-bond acceptors (Lipinski definition) is 3. The fourth-order valence-corrected chi connectivity index (χ4v) is 1.89. The molecule has 0 spiro atoms. The summed E-state index contributed by atoms with van der Waals surface area (Å²) in [5.74, 6) is 0.938. The number of rotatable bonds is 7. The smallest absolute Gasteiger partial charge is 0.227 e. The standard InChI is InChI=1S/C13H22N2O2/c1-3-13(4-2,10-14)12(16)15-8-7-11-6-5-9-17-11/h5-6,9H,3-4,7-8,10,14H2,1-2H3,(H,15,16). The molecule has 1 aromatic heterocycles. The number of nitrogens with two attached hydrogens (primary N) is 1. The number of nitrogens with one attached hydrogen (secondary N) is 1. The van der Waals surface area contributed by atoms with Crippen LogP contribution in [0, 0.1) is 5.41 Å². The minimum Gasteiger partial charge on any atom is -0.469 e. The van der Waals surface area contributed by atoms with Crippen molar-refractivity contribution in [2.45, 2.75) is 33.1 Å². The van der Waals surface area contributed by atoms with Crippen LogP contribution in [0.5, 0.6) is 0 Å². The largest absolute Gasteiger partial charge is 0.469 e. The van der Waals surface area contributed by atoms with Crippen LogP contribution in [0.1, 0.15) is 32.4 Å². The van der Waals surface area contributed by atoms with E-state index in [0.717, 1.165) is 18.6 Å². The third-order valence-corrected chi connectivity index (χ3v) is 3.46. The lowest BCUT2D eigenvalue weighted by Gasteiger charge is -2.28. The molecule has 0 radical (unpaired) electrons. The molecule has 96 valence electrons. The van der Waals surface area contributed by atoms with E-state index < -0.39 is 5.41 Å². The zero-order chi connectivity index (χ0) is 12.7. The van der Waals surface area contributed by atoms with Crippen LogP contribution in [0.3, 0.4) is 0 Å². The molecular formula is C13H22N2O2. The minimum absolute atomic E-state index is 0.0524. The SMILES string of the molecule is CCC(CC)(CN)C(=O)NCCc1ccco1. The van der Waals surface area contributed by atoms with Gasteiger partial charge in [0.2, 0.25) is 5.91 Å². The first-order valence-electron chi connectivity index (χ1n) is 6.19. The van der Waals surface area contributed by atoms with E-state index in [1.165, 1.54) is 0 Å². The highest BCUT2D eigenvalue weighted by Gasteiger charge is 2.32. The molecule has 4 nitrogen and oxygen atoms in total. The first kappa shape index (κ1) is 13.8. The highest BCUT2D eigenvalue weighted by molar-refractivity contribution is 5.82. The lowest BCUT2D eigenvalue weighted by molar-refractivity contribution is -0.131. The van der Waals surface area contributed by atoms with Crippen molar-refractivity contribution in [2.24, 2.45) is 11.1 Å². The van der Waals surface area contributed by atoms with E-state index in [9.17, 15) is 4.79 Å². The molecule has 0 unspecified atom stereocenters. The van der Waals surface area contributed by atoms with Gasteiger partial charge in [-0.3, -0.25) is 4.79 Å². The lowest BCUT2D eigenvalue weighted by Crippen LogP contribution is -2.45. The van der Waals surface area contributed by atoms with E-state index in [2.05, 4.69) is 5.32 Å². The van der Waals surface area contributed by atoms with Gasteiger partial charge in [0.05, 0.1) is 11.7 Å². The van der Waals surface area contributed by atoms with Crippen LogP contribution >= 0.6 is 0 Å². The predicted octanol–water partition coefficient (Wildman–Crippen LogP) is 1.70. The summed E-state index contributed by atoms with van der Waals surface area (Å²) in [6.45, 7) is 4.99. The van der Waals surface area contributed by atoms with E-state index in [0.29, 0.717) is 19.5 Å². The number of furan rings is 1. The molecule has 3 N–H and O–H groups in total. The Morgan fingerprint density at radius 3 is 2.65 bits per heavy atom. The Morgan fingerprint density at radius 2 is 2.18 bits per heavy atom. The van der Waals surface area contributed by atoms with Crippen molar-refractivity contribution in [1.29, 1.82) is 0 Å². The lowest BCUT2D eigenvalue weighted by atomic mass is 9.81. The highest BCUT2D eigenvalue weighted by atomic mass is 16.3. The Balaban J connectivity index is 2.42. The average Bonchev–Trinajstić information content (AvgIpc) is 2.85. The molecule has 0 aliphatic rings. The minimum atomic E-state index is -0.414. The molecule has 0 aliphatic heterocycles. The van der Waals surface area contributed by atoms with Gasteiger partial charge in [0.1, 0.15) is 5.76 Å². The van der Waals surface area contributed by atoms with Gasteiger partial charge in [0, 0.05) is 19.5 Å². The van der Waals surface area contributed by atoms with Crippen LogP contribution in [-0.2, 0) is 11.2 Å². The Bertz CT molecular complexity index is 321. The van der Waals surface area contributed by atoms with Crippen molar-refractivity contribution >= 4 is 5.91 Å². The van der Waals surface area contributed by atoms with Gasteiger partial charge in [0.15, 0.2) is 0 Å². The van der Waals surface area contributed by atoms with Gasteiger partial charge >= 0.3 is 0 Å². The topological polar surface area (TPSA) is 68.3 Å². The van der Waals surface area contributed by atoms with Gasteiger partial charge in [-0.2, -0.15) is 0 Å². The highest BCUT2D eigenvalue weighted by Crippen LogP contribution is 2.24. The molecule has 0 saturated heterocycles. The van der Waals surface area contributed by atoms with E-state index in [-0.39, 0.29) is 5.91 Å². The van der Waals surface area contributed by atoms with Gasteiger partial charge in [-0.15, -0.1) is 0 Å². The zero-order valence-corrected chi connectivity index (χ0v) is 10.7. The van der Waals surface area contributed by atoms with Crippen LogP contribution < -0.4 is 11.1 Å². The first-order chi connectivity index (χ1) is 8.18. The van der Waals surface area contributed by atoms with Crippen molar-refractivity contribution in [3.63, 3.8) is 0 Å². The number of hydrogen-bond donors (Lipinski definition) is 2. The van der Waals surface area contributed by atoms with Crippen molar-refractivity contribution in [3.8, 4) is 0 Å². The molecule has 0 atom stereocenters. The van der Waals surface area contributed by atoms with Crippen LogP contribution in [0.4, 0.5) is 0 Å². The number of carbonyl (C=O) groups is 1. The Labute approximate surface area is 103 Å². The molecule has 1 rings (SSSR count). The molecular weight excluding hydrogens is 216 g/mol. The van der Waals surface area contributed by atoms with Crippen molar-refractivity contribution < 1.29 is 9.21 Å². The fourth-order valence-electron chi connectivity index (χ4n) is 1.89. The predicted molar refractivity (Wildman–Crippen MR) is 67.5 cm³/mol. The van der Waals surface area contributed by atoms with Gasteiger partial charge in [-0.25, -0.2) is 0 Å². The maximum Gasteiger partial charge on any atom is 0.227 e. The van der Waals surface area contributed by atoms with E-state index >= 15 is 0 Å².